The zero-order valence-corrected chi connectivity index (χ0v) is 21.2. The Hall–Kier alpha value is -2.87. The van der Waals surface area contributed by atoms with Crippen molar-refractivity contribution in [3.05, 3.63) is 43.0 Å². The minimum absolute atomic E-state index is 0.0490. The Morgan fingerprint density at radius 3 is 2.50 bits per heavy atom. The first kappa shape index (κ1) is 27.4. The van der Waals surface area contributed by atoms with E-state index in [1.165, 1.54) is 6.26 Å². The summed E-state index contributed by atoms with van der Waals surface area (Å²) < 4.78 is 5.13. The van der Waals surface area contributed by atoms with E-state index in [-0.39, 0.29) is 17.9 Å². The minimum atomic E-state index is 0.0490. The Morgan fingerprint density at radius 1 is 1.24 bits per heavy atom. The van der Waals surface area contributed by atoms with Gasteiger partial charge in [-0.2, -0.15) is 0 Å². The van der Waals surface area contributed by atoms with Gasteiger partial charge in [-0.15, -0.1) is 0 Å². The largest absolute Gasteiger partial charge is 0.473 e. The molecule has 0 saturated carbocycles. The first-order valence-corrected chi connectivity index (χ1v) is 12.4. The molecule has 188 valence electrons. The van der Waals surface area contributed by atoms with Crippen molar-refractivity contribution in [1.82, 2.24) is 14.8 Å². The molecule has 0 aliphatic carbocycles. The molecular formula is C26H41N5O3. The molecule has 0 spiro atoms. The molecule has 0 bridgehead atoms. The maximum Gasteiger partial charge on any atom is 0.225 e. The average Bonchev–Trinajstić information content (AvgIpc) is 2.90. The number of amides is 2. The van der Waals surface area contributed by atoms with Crippen LogP contribution >= 0.6 is 0 Å². The molecule has 2 aliphatic rings. The zero-order chi connectivity index (χ0) is 24.9. The van der Waals surface area contributed by atoms with Crippen LogP contribution in [0.2, 0.25) is 0 Å². The van der Waals surface area contributed by atoms with Gasteiger partial charge in [0.05, 0.1) is 18.2 Å². The number of nitrogens with one attached hydrogen (secondary N) is 1. The van der Waals surface area contributed by atoms with E-state index in [4.69, 9.17) is 4.74 Å². The van der Waals surface area contributed by atoms with Gasteiger partial charge in [-0.25, -0.2) is 4.98 Å². The van der Waals surface area contributed by atoms with Gasteiger partial charge in [-0.1, -0.05) is 20.4 Å². The number of hydrogen-bond acceptors (Lipinski definition) is 6. The van der Waals surface area contributed by atoms with Crippen molar-refractivity contribution in [3.63, 3.8) is 0 Å². The number of piperidine rings is 2. The van der Waals surface area contributed by atoms with E-state index >= 15 is 0 Å². The van der Waals surface area contributed by atoms with Gasteiger partial charge in [0, 0.05) is 44.8 Å². The van der Waals surface area contributed by atoms with E-state index in [0.29, 0.717) is 18.9 Å². The predicted molar refractivity (Wildman–Crippen MR) is 137 cm³/mol. The highest BCUT2D eigenvalue weighted by atomic mass is 16.5. The van der Waals surface area contributed by atoms with Gasteiger partial charge in [0.2, 0.25) is 12.3 Å². The molecule has 2 saturated heterocycles. The molecule has 0 aromatic carbocycles. The fourth-order valence-electron chi connectivity index (χ4n) is 4.62. The molecular weight excluding hydrogens is 430 g/mol. The third-order valence-electron chi connectivity index (χ3n) is 6.36. The summed E-state index contributed by atoms with van der Waals surface area (Å²) in [5, 5.41) is 3.10. The van der Waals surface area contributed by atoms with E-state index in [0.717, 1.165) is 63.0 Å². The molecule has 0 atom stereocenters. The maximum atomic E-state index is 13.1. The minimum Gasteiger partial charge on any atom is -0.473 e. The third-order valence-corrected chi connectivity index (χ3v) is 6.36. The van der Waals surface area contributed by atoms with Crippen molar-refractivity contribution < 1.29 is 14.3 Å². The summed E-state index contributed by atoms with van der Waals surface area (Å²) in [4.78, 5) is 35.4. The number of ether oxygens (including phenoxy) is 1. The lowest BCUT2D eigenvalue weighted by Crippen LogP contribution is -2.49. The SMILES string of the molecule is C=CO/C=C(\C)CN1CCC(C(=O)N2CCC(N(C=O)c3ncccc3NC)CC2)CC1.CC. The zero-order valence-electron chi connectivity index (χ0n) is 21.2. The number of carbonyl (C=O) groups is 2. The highest BCUT2D eigenvalue weighted by Gasteiger charge is 2.33. The molecule has 3 heterocycles. The van der Waals surface area contributed by atoms with Crippen molar-refractivity contribution in [1.29, 1.82) is 0 Å². The number of aromatic nitrogens is 1. The Morgan fingerprint density at radius 2 is 1.91 bits per heavy atom. The van der Waals surface area contributed by atoms with Gasteiger partial charge in [0.25, 0.3) is 0 Å². The van der Waals surface area contributed by atoms with Crippen molar-refractivity contribution in [2.75, 3.05) is 50.0 Å². The maximum absolute atomic E-state index is 13.1. The first-order valence-electron chi connectivity index (χ1n) is 12.4. The second kappa shape index (κ2) is 14.4. The number of rotatable bonds is 9. The van der Waals surface area contributed by atoms with Gasteiger partial charge in [-0.3, -0.25) is 19.4 Å². The van der Waals surface area contributed by atoms with Gasteiger partial charge >= 0.3 is 0 Å². The molecule has 3 rings (SSSR count). The Kier molecular flexibility index (Phi) is 11.6. The van der Waals surface area contributed by atoms with Crippen LogP contribution in [0, 0.1) is 5.92 Å². The van der Waals surface area contributed by atoms with E-state index in [1.807, 2.05) is 44.9 Å². The van der Waals surface area contributed by atoms with Gasteiger partial charge in [0.15, 0.2) is 5.82 Å². The second-order valence-corrected chi connectivity index (χ2v) is 8.51. The summed E-state index contributed by atoms with van der Waals surface area (Å²) >= 11 is 0. The van der Waals surface area contributed by atoms with Gasteiger partial charge in [-0.05, 0) is 63.4 Å². The molecule has 1 N–H and O–H groups in total. The summed E-state index contributed by atoms with van der Waals surface area (Å²) in [6.45, 7) is 13.6. The number of carbonyl (C=O) groups excluding carboxylic acids is 2. The molecule has 2 fully saturated rings. The van der Waals surface area contributed by atoms with Crippen LogP contribution in [0.1, 0.15) is 46.5 Å². The molecule has 34 heavy (non-hydrogen) atoms. The second-order valence-electron chi connectivity index (χ2n) is 8.51. The molecule has 0 radical (unpaired) electrons. The van der Waals surface area contributed by atoms with E-state index in [1.54, 1.807) is 17.4 Å². The highest BCUT2D eigenvalue weighted by Crippen LogP contribution is 2.28. The van der Waals surface area contributed by atoms with Crippen LogP contribution in [0.15, 0.2) is 43.0 Å². The third kappa shape index (κ3) is 7.32. The first-order chi connectivity index (χ1) is 16.6. The molecule has 2 aliphatic heterocycles. The molecule has 0 unspecified atom stereocenters. The Labute approximate surface area is 204 Å². The Bertz CT molecular complexity index is 812. The van der Waals surface area contributed by atoms with Crippen LogP contribution in [0.25, 0.3) is 0 Å². The fraction of sp³-hybridized carbons (Fsp3) is 0.577. The number of anilines is 2. The lowest BCUT2D eigenvalue weighted by molar-refractivity contribution is -0.138. The van der Waals surface area contributed by atoms with Crippen molar-refractivity contribution >= 4 is 23.8 Å². The molecule has 2 amide bonds. The van der Waals surface area contributed by atoms with Crippen LogP contribution in [0.4, 0.5) is 11.5 Å². The van der Waals surface area contributed by atoms with Crippen LogP contribution < -0.4 is 10.2 Å². The van der Waals surface area contributed by atoms with Crippen LogP contribution in [0.3, 0.4) is 0 Å². The average molecular weight is 472 g/mol. The molecule has 1 aromatic heterocycles. The van der Waals surface area contributed by atoms with E-state index in [9.17, 15) is 9.59 Å². The summed E-state index contributed by atoms with van der Waals surface area (Å²) in [5.74, 6) is 0.993. The van der Waals surface area contributed by atoms with E-state index in [2.05, 4.69) is 21.8 Å². The quantitative estimate of drug-likeness (QED) is 0.435. The summed E-state index contributed by atoms with van der Waals surface area (Å²) in [6.07, 6.45) is 8.98. The number of pyridine rings is 1. The summed E-state index contributed by atoms with van der Waals surface area (Å²) in [7, 11) is 1.82. The Balaban J connectivity index is 0.00000199. The number of hydrogen-bond donors (Lipinski definition) is 1. The summed E-state index contributed by atoms with van der Waals surface area (Å²) in [5.41, 5.74) is 1.97. The monoisotopic (exact) mass is 471 g/mol. The van der Waals surface area contributed by atoms with Crippen LogP contribution in [-0.2, 0) is 14.3 Å². The standard InChI is InChI=1S/C24H35N5O3.C2H6/c1-4-32-17-19(2)16-27-12-7-20(8-13-27)24(31)28-14-9-21(10-15-28)29(18-30)23-22(25-3)6-5-11-26-23;1-2/h4-6,11,17-18,20-21,25H,1,7-10,12-16H2,2-3H3;1-2H3/b19-17+;. The topological polar surface area (TPSA) is 78.0 Å². The molecule has 8 heteroatoms. The van der Waals surface area contributed by atoms with Crippen LogP contribution in [0.5, 0.6) is 0 Å². The molecule has 8 nitrogen and oxygen atoms in total. The summed E-state index contributed by atoms with van der Waals surface area (Å²) in [6, 6.07) is 3.80. The predicted octanol–water partition coefficient (Wildman–Crippen LogP) is 3.88. The fourth-order valence-corrected chi connectivity index (χ4v) is 4.62. The van der Waals surface area contributed by atoms with Crippen molar-refractivity contribution in [2.45, 2.75) is 52.5 Å². The molecule has 1 aromatic rings. The van der Waals surface area contributed by atoms with Gasteiger partial charge < -0.3 is 15.0 Å². The normalized spacial score (nSPS) is 17.9. The van der Waals surface area contributed by atoms with Crippen molar-refractivity contribution in [2.24, 2.45) is 5.92 Å². The smallest absolute Gasteiger partial charge is 0.225 e. The number of nitrogens with zero attached hydrogens (tertiary/aromatic N) is 4. The van der Waals surface area contributed by atoms with Gasteiger partial charge in [0.1, 0.15) is 0 Å². The lowest BCUT2D eigenvalue weighted by atomic mass is 9.93. The van der Waals surface area contributed by atoms with Crippen LogP contribution in [-0.4, -0.2) is 72.9 Å². The highest BCUT2D eigenvalue weighted by molar-refractivity contribution is 5.82. The number of likely N-dealkylation sites (tertiary alicyclic amines) is 2. The van der Waals surface area contributed by atoms with E-state index < -0.39 is 0 Å². The van der Waals surface area contributed by atoms with Crippen molar-refractivity contribution in [3.8, 4) is 0 Å². The lowest BCUT2D eigenvalue weighted by Gasteiger charge is -2.39.